The molecule has 29 heavy (non-hydrogen) atoms. The molecule has 0 fully saturated rings. The van der Waals surface area contributed by atoms with Gasteiger partial charge in [0.25, 0.3) is 0 Å². The van der Waals surface area contributed by atoms with Crippen molar-refractivity contribution in [3.05, 3.63) is 67.3 Å². The number of rotatable bonds is 7. The van der Waals surface area contributed by atoms with Crippen LogP contribution in [0.1, 0.15) is 26.7 Å². The van der Waals surface area contributed by atoms with Gasteiger partial charge in [-0.3, -0.25) is 9.59 Å². The first-order chi connectivity index (χ1) is 13.2. The molecule has 0 amide bonds. The molecule has 0 aromatic carbocycles. The summed E-state index contributed by atoms with van der Waals surface area (Å²) in [7, 11) is 0. The van der Waals surface area contributed by atoms with E-state index < -0.39 is 0 Å². The van der Waals surface area contributed by atoms with Crippen molar-refractivity contribution < 1.29 is 36.6 Å². The minimum absolute atomic E-state index is 0. The molecule has 2 aliphatic carbocycles. The fourth-order valence-corrected chi connectivity index (χ4v) is 3.60. The topological polar surface area (TPSA) is 98.7 Å². The standard InChI is InChI=1S/C20H22Br2N2O4.Co/c1-11(15-7-13(25)9-17(21)19(15)27)23-5-3-4-6-24-12(2)16-8-14(26)10-18(22)20(16)28;/h7-10,23-26H,3-6H2,1-2H3;. The first-order valence-corrected chi connectivity index (χ1v) is 10.3. The van der Waals surface area contributed by atoms with Gasteiger partial charge < -0.3 is 20.8 Å². The summed E-state index contributed by atoms with van der Waals surface area (Å²) in [4.78, 5) is 24.2. The van der Waals surface area contributed by atoms with Crippen molar-refractivity contribution >= 4 is 43.4 Å². The summed E-state index contributed by atoms with van der Waals surface area (Å²) in [6, 6.07) is 0. The summed E-state index contributed by atoms with van der Waals surface area (Å²) in [5.74, 6) is -0.260. The SMILES string of the molecule is CC(NCCCCNC(C)=C1C=C(O)C=C(Br)C1=O)=C1C=C(O)C=C(Br)C1=O.[Co]. The number of allylic oxidation sites excluding steroid dienone is 10. The van der Waals surface area contributed by atoms with E-state index in [0.717, 1.165) is 12.8 Å². The van der Waals surface area contributed by atoms with Crippen molar-refractivity contribution in [1.82, 2.24) is 10.6 Å². The fraction of sp³-hybridized carbons (Fsp3) is 0.300. The van der Waals surface area contributed by atoms with E-state index >= 15 is 0 Å². The molecule has 4 N–H and O–H groups in total. The molecule has 0 spiro atoms. The van der Waals surface area contributed by atoms with Crippen LogP contribution in [-0.2, 0) is 26.4 Å². The average molecular weight is 573 g/mol. The third-order valence-corrected chi connectivity index (χ3v) is 5.43. The Bertz CT molecular complexity index is 811. The Balaban J connectivity index is 0.00000420. The van der Waals surface area contributed by atoms with Crippen LogP contribution in [0.15, 0.2) is 67.3 Å². The van der Waals surface area contributed by atoms with Gasteiger partial charge in [0.05, 0.1) is 8.96 Å². The van der Waals surface area contributed by atoms with Gasteiger partial charge in [-0.2, -0.15) is 0 Å². The molecule has 0 aromatic heterocycles. The molecular weight excluding hydrogens is 551 g/mol. The van der Waals surface area contributed by atoms with Crippen molar-refractivity contribution in [2.24, 2.45) is 0 Å². The minimum atomic E-state index is -0.166. The molecule has 0 atom stereocenters. The number of halogens is 2. The fourth-order valence-electron chi connectivity index (χ4n) is 2.71. The Labute approximate surface area is 197 Å². The second-order valence-electron chi connectivity index (χ2n) is 6.42. The summed E-state index contributed by atoms with van der Waals surface area (Å²) < 4.78 is 0.658. The minimum Gasteiger partial charge on any atom is -0.508 e. The molecule has 0 saturated heterocycles. The van der Waals surface area contributed by atoms with Gasteiger partial charge in [0, 0.05) is 52.4 Å². The molecule has 0 unspecified atom stereocenters. The summed E-state index contributed by atoms with van der Waals surface area (Å²) in [6.45, 7) is 4.94. The van der Waals surface area contributed by atoms with Crippen LogP contribution in [0.25, 0.3) is 0 Å². The zero-order chi connectivity index (χ0) is 20.8. The molecule has 159 valence electrons. The van der Waals surface area contributed by atoms with Crippen LogP contribution in [0.3, 0.4) is 0 Å². The first-order valence-electron chi connectivity index (χ1n) is 8.75. The summed E-state index contributed by atoms with van der Waals surface area (Å²) in [6.07, 6.45) is 7.34. The van der Waals surface area contributed by atoms with Crippen LogP contribution < -0.4 is 10.6 Å². The van der Waals surface area contributed by atoms with Crippen LogP contribution >= 0.6 is 31.9 Å². The molecule has 6 nitrogen and oxygen atoms in total. The predicted octanol–water partition coefficient (Wildman–Crippen LogP) is 4.10. The van der Waals surface area contributed by atoms with Crippen molar-refractivity contribution in [3.63, 3.8) is 0 Å². The van der Waals surface area contributed by atoms with E-state index in [2.05, 4.69) is 42.5 Å². The van der Waals surface area contributed by atoms with Crippen molar-refractivity contribution in [2.45, 2.75) is 26.7 Å². The van der Waals surface area contributed by atoms with E-state index in [1.165, 1.54) is 24.3 Å². The Hall–Kier alpha value is -1.55. The molecule has 2 rings (SSSR count). The van der Waals surface area contributed by atoms with E-state index in [1.54, 1.807) is 13.8 Å². The molecule has 2 aliphatic rings. The molecule has 0 heterocycles. The number of aliphatic hydroxyl groups is 2. The van der Waals surface area contributed by atoms with Gasteiger partial charge in [-0.25, -0.2) is 0 Å². The van der Waals surface area contributed by atoms with Crippen molar-refractivity contribution in [1.29, 1.82) is 0 Å². The number of carbonyl (C=O) groups is 2. The van der Waals surface area contributed by atoms with Gasteiger partial charge in [-0.05, 0) is 82.9 Å². The molecule has 0 aliphatic heterocycles. The number of carbonyl (C=O) groups excluding carboxylic acids is 2. The Morgan fingerprint density at radius 1 is 0.793 bits per heavy atom. The molecule has 0 aromatic rings. The summed E-state index contributed by atoms with van der Waals surface area (Å²) in [5, 5.41) is 25.7. The molecule has 0 saturated carbocycles. The van der Waals surface area contributed by atoms with Crippen molar-refractivity contribution in [3.8, 4) is 0 Å². The van der Waals surface area contributed by atoms with E-state index in [4.69, 9.17) is 0 Å². The number of aliphatic hydroxyl groups excluding tert-OH is 2. The van der Waals surface area contributed by atoms with E-state index in [0.29, 0.717) is 44.6 Å². The number of nitrogens with one attached hydrogen (secondary N) is 2. The third kappa shape index (κ3) is 7.02. The van der Waals surface area contributed by atoms with E-state index in [9.17, 15) is 19.8 Å². The number of unbranched alkanes of at least 4 members (excludes halogenated alkanes) is 1. The number of Topliss-reactive ketones (excluding diaryl/α,β-unsaturated/α-hetero) is 2. The Morgan fingerprint density at radius 2 is 1.14 bits per heavy atom. The van der Waals surface area contributed by atoms with Gasteiger partial charge in [0.2, 0.25) is 11.6 Å². The first kappa shape index (κ1) is 25.5. The largest absolute Gasteiger partial charge is 0.508 e. The smallest absolute Gasteiger partial charge is 0.201 e. The van der Waals surface area contributed by atoms with Crippen LogP contribution in [0, 0.1) is 0 Å². The zero-order valence-electron chi connectivity index (χ0n) is 15.9. The normalized spacial score (nSPS) is 20.0. The monoisotopic (exact) mass is 571 g/mol. The predicted molar refractivity (Wildman–Crippen MR) is 116 cm³/mol. The number of hydrogen-bond acceptors (Lipinski definition) is 6. The number of ketones is 2. The third-order valence-electron chi connectivity index (χ3n) is 4.25. The van der Waals surface area contributed by atoms with Crippen LogP contribution in [0.4, 0.5) is 0 Å². The summed E-state index contributed by atoms with van der Waals surface area (Å²) in [5.41, 5.74) is 2.29. The Morgan fingerprint density at radius 3 is 1.48 bits per heavy atom. The Kier molecular flexibility index (Phi) is 10.2. The van der Waals surface area contributed by atoms with E-state index in [1.807, 2.05) is 0 Å². The van der Waals surface area contributed by atoms with Gasteiger partial charge in [-0.15, -0.1) is 0 Å². The maximum atomic E-state index is 12.1. The van der Waals surface area contributed by atoms with Crippen LogP contribution in [0.2, 0.25) is 0 Å². The second kappa shape index (κ2) is 11.6. The molecule has 0 bridgehead atoms. The average Bonchev–Trinajstić information content (AvgIpc) is 2.63. The number of hydrogen-bond donors (Lipinski definition) is 4. The van der Waals surface area contributed by atoms with Gasteiger partial charge in [0.15, 0.2) is 0 Å². The second-order valence-corrected chi connectivity index (χ2v) is 8.13. The van der Waals surface area contributed by atoms with E-state index in [-0.39, 0.29) is 39.9 Å². The molecular formula is C20H22Br2CoN2O4. The molecule has 9 heteroatoms. The van der Waals surface area contributed by atoms with Gasteiger partial charge in [0.1, 0.15) is 11.5 Å². The van der Waals surface area contributed by atoms with Crippen LogP contribution in [-0.4, -0.2) is 34.9 Å². The maximum Gasteiger partial charge on any atom is 0.201 e. The maximum absolute atomic E-state index is 12.1. The summed E-state index contributed by atoms with van der Waals surface area (Å²) >= 11 is 6.30. The zero-order valence-corrected chi connectivity index (χ0v) is 20.2. The van der Waals surface area contributed by atoms with Crippen molar-refractivity contribution in [2.75, 3.05) is 13.1 Å². The van der Waals surface area contributed by atoms with Gasteiger partial charge >= 0.3 is 0 Å². The van der Waals surface area contributed by atoms with Gasteiger partial charge in [-0.1, -0.05) is 0 Å². The van der Waals surface area contributed by atoms with Crippen LogP contribution in [0.5, 0.6) is 0 Å². The quantitative estimate of drug-likeness (QED) is 0.271. The molecule has 1 radical (unpaired) electrons.